The molecule has 2 nitrogen and oxygen atoms in total. The van der Waals surface area contributed by atoms with E-state index in [0.717, 1.165) is 15.9 Å². The van der Waals surface area contributed by atoms with Gasteiger partial charge in [0.2, 0.25) is 0 Å². The highest BCUT2D eigenvalue weighted by atomic mass is 79.9. The first-order valence-electron chi connectivity index (χ1n) is 5.07. The van der Waals surface area contributed by atoms with E-state index in [9.17, 15) is 0 Å². The van der Waals surface area contributed by atoms with Gasteiger partial charge in [-0.2, -0.15) is 0 Å². The van der Waals surface area contributed by atoms with Gasteiger partial charge in [-0.15, -0.1) is 11.3 Å². The van der Waals surface area contributed by atoms with E-state index in [2.05, 4.69) is 46.0 Å². The molecule has 0 aliphatic heterocycles. The third-order valence-electron chi connectivity index (χ3n) is 2.39. The average Bonchev–Trinajstić information content (AvgIpc) is 2.71. The molecule has 0 aliphatic rings. The Kier molecular flexibility index (Phi) is 3.74. The van der Waals surface area contributed by atoms with Crippen molar-refractivity contribution in [2.75, 3.05) is 0 Å². The highest BCUT2D eigenvalue weighted by Gasteiger charge is 2.03. The molecule has 1 heterocycles. The molecule has 2 aromatic rings. The van der Waals surface area contributed by atoms with Crippen molar-refractivity contribution in [3.8, 4) is 0 Å². The molecule has 0 radical (unpaired) electrons. The number of hydrogen-bond acceptors (Lipinski definition) is 3. The number of nitrogens with two attached hydrogens (primary N) is 1. The van der Waals surface area contributed by atoms with Crippen LogP contribution in [0.25, 0.3) is 0 Å². The molecule has 0 bridgehead atoms. The zero-order valence-corrected chi connectivity index (χ0v) is 11.4. The van der Waals surface area contributed by atoms with Crippen LogP contribution < -0.4 is 5.73 Å². The molecule has 16 heavy (non-hydrogen) atoms. The molecule has 84 valence electrons. The predicted octanol–water partition coefficient (Wildman–Crippen LogP) is 3.26. The topological polar surface area (TPSA) is 38.9 Å². The van der Waals surface area contributed by atoms with E-state index >= 15 is 0 Å². The van der Waals surface area contributed by atoms with Gasteiger partial charge in [-0.05, 0) is 24.1 Å². The van der Waals surface area contributed by atoms with Crippen LogP contribution in [-0.4, -0.2) is 4.98 Å². The van der Waals surface area contributed by atoms with Crippen LogP contribution in [0.5, 0.6) is 0 Å². The van der Waals surface area contributed by atoms with E-state index in [-0.39, 0.29) is 0 Å². The summed E-state index contributed by atoms with van der Waals surface area (Å²) in [6.45, 7) is 2.62. The highest BCUT2D eigenvalue weighted by molar-refractivity contribution is 9.10. The first kappa shape index (κ1) is 11.8. The molecule has 4 heteroatoms. The van der Waals surface area contributed by atoms with E-state index < -0.39 is 0 Å². The van der Waals surface area contributed by atoms with Crippen molar-refractivity contribution in [1.29, 1.82) is 0 Å². The molecule has 0 aliphatic carbocycles. The maximum absolute atomic E-state index is 5.54. The number of rotatable bonds is 3. The van der Waals surface area contributed by atoms with Crippen molar-refractivity contribution in [2.24, 2.45) is 5.73 Å². The molecule has 2 rings (SSSR count). The van der Waals surface area contributed by atoms with Crippen molar-refractivity contribution >= 4 is 27.3 Å². The number of aryl methyl sites for hydroxylation is 1. The molecule has 2 N–H and O–H groups in total. The van der Waals surface area contributed by atoms with Crippen LogP contribution in [0.3, 0.4) is 0 Å². The monoisotopic (exact) mass is 296 g/mol. The lowest BCUT2D eigenvalue weighted by molar-refractivity contribution is 1.04. The van der Waals surface area contributed by atoms with Crippen molar-refractivity contribution < 1.29 is 0 Å². The fourth-order valence-corrected chi connectivity index (χ4v) is 2.73. The van der Waals surface area contributed by atoms with Crippen LogP contribution in [0.1, 0.15) is 21.0 Å². The molecule has 0 atom stereocenters. The molecule has 1 aromatic heterocycles. The molecule has 0 saturated heterocycles. The maximum Gasteiger partial charge on any atom is 0.106 e. The minimum Gasteiger partial charge on any atom is -0.325 e. The van der Waals surface area contributed by atoms with E-state index in [1.54, 1.807) is 11.3 Å². The molecular formula is C12H13BrN2S. The predicted molar refractivity (Wildman–Crippen MR) is 71.7 cm³/mol. The molecular weight excluding hydrogens is 284 g/mol. The summed E-state index contributed by atoms with van der Waals surface area (Å²) >= 11 is 5.23. The van der Waals surface area contributed by atoms with Gasteiger partial charge in [-0.3, -0.25) is 0 Å². The third kappa shape index (κ3) is 2.70. The fraction of sp³-hybridized carbons (Fsp3) is 0.250. The first-order valence-corrected chi connectivity index (χ1v) is 6.68. The van der Waals surface area contributed by atoms with E-state index in [4.69, 9.17) is 5.73 Å². The second kappa shape index (κ2) is 5.08. The van der Waals surface area contributed by atoms with Gasteiger partial charge < -0.3 is 5.73 Å². The van der Waals surface area contributed by atoms with Crippen LogP contribution in [0, 0.1) is 6.92 Å². The normalized spacial score (nSPS) is 10.7. The van der Waals surface area contributed by atoms with Crippen molar-refractivity contribution in [2.45, 2.75) is 19.9 Å². The molecule has 0 fully saturated rings. The van der Waals surface area contributed by atoms with Crippen LogP contribution in [0.2, 0.25) is 0 Å². The Balaban J connectivity index is 2.17. The lowest BCUT2D eigenvalue weighted by Gasteiger charge is -2.02. The standard InChI is InChI=1S/C12H13BrN2S/c1-8-2-3-9(5-11(8)13)4-10-7-15-12(6-14)16-10/h2-3,5,7H,4,6,14H2,1H3. The second-order valence-electron chi connectivity index (χ2n) is 3.68. The van der Waals surface area contributed by atoms with E-state index in [1.807, 2.05) is 6.20 Å². The van der Waals surface area contributed by atoms with Gasteiger partial charge in [0.05, 0.1) is 0 Å². The summed E-state index contributed by atoms with van der Waals surface area (Å²) in [5, 5.41) is 1.00. The Morgan fingerprint density at radius 2 is 2.25 bits per heavy atom. The van der Waals surface area contributed by atoms with Crippen molar-refractivity contribution in [1.82, 2.24) is 4.98 Å². The lowest BCUT2D eigenvalue weighted by Crippen LogP contribution is -1.93. The number of benzene rings is 1. The number of thiazole rings is 1. The third-order valence-corrected chi connectivity index (χ3v) is 4.26. The second-order valence-corrected chi connectivity index (χ2v) is 5.74. The zero-order chi connectivity index (χ0) is 11.5. The van der Waals surface area contributed by atoms with Gasteiger partial charge in [-0.25, -0.2) is 4.98 Å². The summed E-state index contributed by atoms with van der Waals surface area (Å²) in [5.41, 5.74) is 8.10. The summed E-state index contributed by atoms with van der Waals surface area (Å²) in [5.74, 6) is 0. The van der Waals surface area contributed by atoms with Gasteiger partial charge in [0, 0.05) is 28.5 Å². The summed E-state index contributed by atoms with van der Waals surface area (Å²) in [4.78, 5) is 5.51. The number of aromatic nitrogens is 1. The van der Waals surface area contributed by atoms with E-state index in [1.165, 1.54) is 16.0 Å². The maximum atomic E-state index is 5.54. The Morgan fingerprint density at radius 1 is 1.44 bits per heavy atom. The smallest absolute Gasteiger partial charge is 0.106 e. The van der Waals surface area contributed by atoms with Gasteiger partial charge in [0.1, 0.15) is 5.01 Å². The average molecular weight is 297 g/mol. The summed E-state index contributed by atoms with van der Waals surface area (Å²) in [6, 6.07) is 6.45. The fourth-order valence-electron chi connectivity index (χ4n) is 1.47. The molecule has 0 spiro atoms. The lowest BCUT2D eigenvalue weighted by atomic mass is 10.1. The van der Waals surface area contributed by atoms with Crippen LogP contribution in [0.4, 0.5) is 0 Å². The van der Waals surface area contributed by atoms with Crippen molar-refractivity contribution in [3.05, 3.63) is 49.9 Å². The van der Waals surface area contributed by atoms with Crippen LogP contribution >= 0.6 is 27.3 Å². The van der Waals surface area contributed by atoms with Crippen LogP contribution in [-0.2, 0) is 13.0 Å². The Labute approximate surface area is 108 Å². The van der Waals surface area contributed by atoms with Crippen molar-refractivity contribution in [3.63, 3.8) is 0 Å². The Hall–Kier alpha value is -0.710. The largest absolute Gasteiger partial charge is 0.325 e. The molecule has 0 unspecified atom stereocenters. The van der Waals surface area contributed by atoms with E-state index in [0.29, 0.717) is 6.54 Å². The Morgan fingerprint density at radius 3 is 2.88 bits per heavy atom. The summed E-state index contributed by atoms with van der Waals surface area (Å²) < 4.78 is 1.16. The van der Waals surface area contributed by atoms with Gasteiger partial charge >= 0.3 is 0 Å². The molecule has 1 aromatic carbocycles. The highest BCUT2D eigenvalue weighted by Crippen LogP contribution is 2.21. The minimum absolute atomic E-state index is 0.530. The number of halogens is 1. The molecule has 0 amide bonds. The Bertz CT molecular complexity index is 494. The number of nitrogens with zero attached hydrogens (tertiary/aromatic N) is 1. The quantitative estimate of drug-likeness (QED) is 0.944. The minimum atomic E-state index is 0.530. The molecule has 0 saturated carbocycles. The SMILES string of the molecule is Cc1ccc(Cc2cnc(CN)s2)cc1Br. The summed E-state index contributed by atoms with van der Waals surface area (Å²) in [6.07, 6.45) is 2.84. The zero-order valence-electron chi connectivity index (χ0n) is 9.03. The van der Waals surface area contributed by atoms with Gasteiger partial charge in [-0.1, -0.05) is 28.1 Å². The van der Waals surface area contributed by atoms with Crippen LogP contribution in [0.15, 0.2) is 28.9 Å². The first-order chi connectivity index (χ1) is 7.69. The summed E-state index contributed by atoms with van der Waals surface area (Å²) in [7, 11) is 0. The number of hydrogen-bond donors (Lipinski definition) is 1. The van der Waals surface area contributed by atoms with Gasteiger partial charge in [0.25, 0.3) is 0 Å². The van der Waals surface area contributed by atoms with Gasteiger partial charge in [0.15, 0.2) is 0 Å².